The number of carbonyl (C=O) groups excluding carboxylic acids is 2. The number of amides is 3. The molecule has 0 fully saturated rings. The van der Waals surface area contributed by atoms with Crippen LogP contribution in [0.1, 0.15) is 22.3 Å². The molecular formula is C20H23N3O5. The van der Waals surface area contributed by atoms with Crippen LogP contribution in [0.2, 0.25) is 0 Å². The number of hydrogen-bond donors (Lipinski definition) is 3. The zero-order valence-electron chi connectivity index (χ0n) is 15.8. The van der Waals surface area contributed by atoms with Crippen LogP contribution < -0.4 is 15.4 Å². The lowest BCUT2D eigenvalue weighted by atomic mass is 10.2. The van der Waals surface area contributed by atoms with Gasteiger partial charge in [-0.2, -0.15) is 0 Å². The van der Waals surface area contributed by atoms with Crippen LogP contribution >= 0.6 is 0 Å². The van der Waals surface area contributed by atoms with E-state index in [-0.39, 0.29) is 36.2 Å². The first-order valence-corrected chi connectivity index (χ1v) is 8.64. The van der Waals surface area contributed by atoms with Crippen LogP contribution in [-0.4, -0.2) is 48.6 Å². The smallest absolute Gasteiger partial charge is 0.335 e. The largest absolute Gasteiger partial charge is 0.495 e. The number of carbonyl (C=O) groups is 3. The number of aromatic carboxylic acids is 1. The highest BCUT2D eigenvalue weighted by molar-refractivity contribution is 5.94. The molecular weight excluding hydrogens is 362 g/mol. The number of nitrogens with one attached hydrogen (secondary N) is 2. The molecule has 0 heterocycles. The number of benzene rings is 2. The average molecular weight is 385 g/mol. The third-order valence-electron chi connectivity index (χ3n) is 3.96. The maximum absolute atomic E-state index is 12.1. The lowest BCUT2D eigenvalue weighted by Crippen LogP contribution is -2.38. The number of urea groups is 1. The molecule has 0 radical (unpaired) electrons. The standard InChI is InChI=1S/C20H23N3O5/c1-23(13-14-6-4-3-5-7-14)20(27)21-11-10-18(24)22-16-9-8-15(19(25)26)12-17(16)28-2/h3-9,12H,10-11,13H2,1-2H3,(H,21,27)(H,22,24)(H,25,26). The van der Waals surface area contributed by atoms with E-state index in [1.165, 1.54) is 30.2 Å². The summed E-state index contributed by atoms with van der Waals surface area (Å²) in [6.07, 6.45) is 0.0642. The van der Waals surface area contributed by atoms with Crippen molar-refractivity contribution in [3.63, 3.8) is 0 Å². The summed E-state index contributed by atoms with van der Waals surface area (Å²) in [6.45, 7) is 0.630. The summed E-state index contributed by atoms with van der Waals surface area (Å²) in [5, 5.41) is 14.3. The van der Waals surface area contributed by atoms with Gasteiger partial charge in [-0.05, 0) is 23.8 Å². The Kier molecular flexibility index (Phi) is 7.38. The van der Waals surface area contributed by atoms with Gasteiger partial charge in [-0.15, -0.1) is 0 Å². The number of ether oxygens (including phenoxy) is 1. The molecule has 3 amide bonds. The molecule has 0 atom stereocenters. The molecule has 0 aliphatic rings. The maximum Gasteiger partial charge on any atom is 0.335 e. The van der Waals surface area contributed by atoms with E-state index in [2.05, 4.69) is 10.6 Å². The van der Waals surface area contributed by atoms with Gasteiger partial charge in [-0.1, -0.05) is 30.3 Å². The Morgan fingerprint density at radius 2 is 1.82 bits per heavy atom. The molecule has 0 bridgehead atoms. The van der Waals surface area contributed by atoms with Crippen LogP contribution in [0, 0.1) is 0 Å². The highest BCUT2D eigenvalue weighted by atomic mass is 16.5. The molecule has 0 spiro atoms. The Morgan fingerprint density at radius 1 is 1.11 bits per heavy atom. The van der Waals surface area contributed by atoms with E-state index in [1.54, 1.807) is 7.05 Å². The first kappa shape index (κ1) is 20.8. The van der Waals surface area contributed by atoms with Gasteiger partial charge >= 0.3 is 12.0 Å². The molecule has 2 aromatic rings. The van der Waals surface area contributed by atoms with Crippen molar-refractivity contribution >= 4 is 23.6 Å². The van der Waals surface area contributed by atoms with Gasteiger partial charge in [0.1, 0.15) is 5.75 Å². The van der Waals surface area contributed by atoms with Crippen LogP contribution in [0.4, 0.5) is 10.5 Å². The molecule has 28 heavy (non-hydrogen) atoms. The lowest BCUT2D eigenvalue weighted by Gasteiger charge is -2.18. The Balaban J connectivity index is 1.81. The summed E-state index contributed by atoms with van der Waals surface area (Å²) >= 11 is 0. The monoisotopic (exact) mass is 385 g/mol. The van der Waals surface area contributed by atoms with Gasteiger partial charge in [-0.3, -0.25) is 4.79 Å². The lowest BCUT2D eigenvalue weighted by molar-refractivity contribution is -0.116. The minimum absolute atomic E-state index is 0.0589. The molecule has 0 aromatic heterocycles. The fraction of sp³-hybridized carbons (Fsp3) is 0.250. The Labute approximate surface area is 163 Å². The van der Waals surface area contributed by atoms with E-state index in [4.69, 9.17) is 9.84 Å². The van der Waals surface area contributed by atoms with Crippen LogP contribution in [0.25, 0.3) is 0 Å². The first-order chi connectivity index (χ1) is 13.4. The highest BCUT2D eigenvalue weighted by Crippen LogP contribution is 2.25. The zero-order chi connectivity index (χ0) is 20.5. The van der Waals surface area contributed by atoms with E-state index in [0.29, 0.717) is 12.2 Å². The Bertz CT molecular complexity index is 839. The van der Waals surface area contributed by atoms with Gasteiger partial charge in [0.15, 0.2) is 0 Å². The van der Waals surface area contributed by atoms with Crippen LogP contribution in [0.15, 0.2) is 48.5 Å². The third kappa shape index (κ3) is 6.01. The molecule has 0 saturated carbocycles. The number of anilines is 1. The van der Waals surface area contributed by atoms with Gasteiger partial charge in [0.25, 0.3) is 0 Å². The van der Waals surface area contributed by atoms with E-state index in [1.807, 2.05) is 30.3 Å². The minimum Gasteiger partial charge on any atom is -0.495 e. The number of rotatable bonds is 8. The van der Waals surface area contributed by atoms with E-state index < -0.39 is 5.97 Å². The zero-order valence-corrected chi connectivity index (χ0v) is 15.8. The predicted octanol–water partition coefficient (Wildman–Crippen LogP) is 2.56. The van der Waals surface area contributed by atoms with E-state index >= 15 is 0 Å². The number of methoxy groups -OCH3 is 1. The first-order valence-electron chi connectivity index (χ1n) is 8.64. The number of carboxylic acid groups (broad SMARTS) is 1. The molecule has 2 aromatic carbocycles. The number of hydrogen-bond acceptors (Lipinski definition) is 4. The van der Waals surface area contributed by atoms with Crippen LogP contribution in [0.3, 0.4) is 0 Å². The SMILES string of the molecule is COc1cc(C(=O)O)ccc1NC(=O)CCNC(=O)N(C)Cc1ccccc1. The second-order valence-electron chi connectivity index (χ2n) is 6.09. The molecule has 148 valence electrons. The second-order valence-corrected chi connectivity index (χ2v) is 6.09. The highest BCUT2D eigenvalue weighted by Gasteiger charge is 2.13. The number of nitrogens with zero attached hydrogens (tertiary/aromatic N) is 1. The third-order valence-corrected chi connectivity index (χ3v) is 3.96. The summed E-state index contributed by atoms with van der Waals surface area (Å²) < 4.78 is 5.11. The van der Waals surface area contributed by atoms with Crippen molar-refractivity contribution in [2.24, 2.45) is 0 Å². The van der Waals surface area contributed by atoms with Gasteiger partial charge in [0.05, 0.1) is 18.4 Å². The maximum atomic E-state index is 12.1. The fourth-order valence-corrected chi connectivity index (χ4v) is 2.49. The molecule has 8 heteroatoms. The van der Waals surface area contributed by atoms with Crippen molar-refractivity contribution < 1.29 is 24.2 Å². The van der Waals surface area contributed by atoms with Crippen molar-refractivity contribution in [2.75, 3.05) is 26.0 Å². The summed E-state index contributed by atoms with van der Waals surface area (Å²) in [4.78, 5) is 36.7. The van der Waals surface area contributed by atoms with Crippen LogP contribution in [0.5, 0.6) is 5.75 Å². The summed E-state index contributed by atoms with van der Waals surface area (Å²) in [5.41, 5.74) is 1.43. The van der Waals surface area contributed by atoms with Crippen molar-refractivity contribution in [2.45, 2.75) is 13.0 Å². The van der Waals surface area contributed by atoms with Gasteiger partial charge in [-0.25, -0.2) is 9.59 Å². The topological polar surface area (TPSA) is 108 Å². The van der Waals surface area contributed by atoms with Gasteiger partial charge in [0.2, 0.25) is 5.91 Å². The minimum atomic E-state index is -1.08. The average Bonchev–Trinajstić information content (AvgIpc) is 2.68. The Hall–Kier alpha value is -3.55. The van der Waals surface area contributed by atoms with E-state index in [9.17, 15) is 14.4 Å². The van der Waals surface area contributed by atoms with Gasteiger partial charge in [0, 0.05) is 26.6 Å². The van der Waals surface area contributed by atoms with Crippen LogP contribution in [-0.2, 0) is 11.3 Å². The summed E-state index contributed by atoms with van der Waals surface area (Å²) in [5.74, 6) is -1.16. The van der Waals surface area contributed by atoms with Crippen molar-refractivity contribution in [3.05, 3.63) is 59.7 Å². The normalized spacial score (nSPS) is 10.1. The molecule has 0 saturated heterocycles. The van der Waals surface area contributed by atoms with Crippen molar-refractivity contribution in [1.82, 2.24) is 10.2 Å². The molecule has 0 aliphatic carbocycles. The quantitative estimate of drug-likeness (QED) is 0.647. The number of carboxylic acids is 1. The molecule has 2 rings (SSSR count). The summed E-state index contributed by atoms with van der Waals surface area (Å²) in [6, 6.07) is 13.5. The molecule has 3 N–H and O–H groups in total. The fourth-order valence-electron chi connectivity index (χ4n) is 2.49. The molecule has 0 unspecified atom stereocenters. The predicted molar refractivity (Wildman–Crippen MR) is 105 cm³/mol. The molecule has 8 nitrogen and oxygen atoms in total. The summed E-state index contributed by atoms with van der Waals surface area (Å²) in [7, 11) is 3.07. The Morgan fingerprint density at radius 3 is 2.46 bits per heavy atom. The van der Waals surface area contributed by atoms with E-state index in [0.717, 1.165) is 5.56 Å². The second kappa shape index (κ2) is 9.96. The van der Waals surface area contributed by atoms with Crippen molar-refractivity contribution in [1.29, 1.82) is 0 Å². The molecule has 0 aliphatic heterocycles. The van der Waals surface area contributed by atoms with Crippen molar-refractivity contribution in [3.8, 4) is 5.75 Å². The van der Waals surface area contributed by atoms with Gasteiger partial charge < -0.3 is 25.4 Å².